The average Bonchev–Trinajstić information content (AvgIpc) is 2.75. The molecule has 2 aromatic carbocycles. The Morgan fingerprint density at radius 3 is 2.48 bits per heavy atom. The van der Waals surface area contributed by atoms with Crippen LogP contribution in [0.2, 0.25) is 0 Å². The standard InChI is InChI=1S/C22H27N3O4/c1-16-4-3-5-18(14-16)24-22(27)21(26)23-15-20(25-10-12-29-13-11-25)17-6-8-19(28-2)9-7-17/h3-9,14,20H,10-13,15H2,1-2H3,(H,23,26)(H,24,27)/t20-/m1/s1. The first kappa shape index (κ1) is 20.8. The fourth-order valence-electron chi connectivity index (χ4n) is 3.35. The fraction of sp³-hybridized carbons (Fsp3) is 0.364. The highest BCUT2D eigenvalue weighted by Crippen LogP contribution is 2.23. The summed E-state index contributed by atoms with van der Waals surface area (Å²) in [4.78, 5) is 26.9. The molecule has 0 unspecified atom stereocenters. The van der Waals surface area contributed by atoms with Crippen molar-refractivity contribution >= 4 is 17.5 Å². The normalized spacial score (nSPS) is 15.4. The summed E-state index contributed by atoms with van der Waals surface area (Å²) >= 11 is 0. The third kappa shape index (κ3) is 5.79. The second kappa shape index (κ2) is 10.0. The maximum atomic E-state index is 12.4. The molecule has 0 saturated carbocycles. The zero-order chi connectivity index (χ0) is 20.6. The van der Waals surface area contributed by atoms with E-state index >= 15 is 0 Å². The van der Waals surface area contributed by atoms with Gasteiger partial charge in [-0.15, -0.1) is 0 Å². The number of morpholine rings is 1. The maximum Gasteiger partial charge on any atom is 0.313 e. The van der Waals surface area contributed by atoms with Crippen molar-refractivity contribution in [1.82, 2.24) is 10.2 Å². The van der Waals surface area contributed by atoms with Gasteiger partial charge in [-0.2, -0.15) is 0 Å². The molecule has 1 fully saturated rings. The molecule has 1 heterocycles. The first-order chi connectivity index (χ1) is 14.1. The smallest absolute Gasteiger partial charge is 0.313 e. The van der Waals surface area contributed by atoms with Gasteiger partial charge in [0.1, 0.15) is 5.75 Å². The Labute approximate surface area is 171 Å². The Hall–Kier alpha value is -2.90. The second-order valence-corrected chi connectivity index (χ2v) is 6.97. The van der Waals surface area contributed by atoms with Crippen molar-refractivity contribution in [3.05, 3.63) is 59.7 Å². The van der Waals surface area contributed by atoms with Crippen molar-refractivity contribution in [2.75, 3.05) is 45.3 Å². The van der Waals surface area contributed by atoms with Gasteiger partial charge in [0.2, 0.25) is 0 Å². The highest BCUT2D eigenvalue weighted by Gasteiger charge is 2.24. The lowest BCUT2D eigenvalue weighted by atomic mass is 10.0. The van der Waals surface area contributed by atoms with Crippen LogP contribution < -0.4 is 15.4 Å². The molecule has 1 saturated heterocycles. The predicted molar refractivity (Wildman–Crippen MR) is 111 cm³/mol. The molecule has 7 heteroatoms. The van der Waals surface area contributed by atoms with Crippen LogP contribution >= 0.6 is 0 Å². The van der Waals surface area contributed by atoms with Crippen molar-refractivity contribution in [1.29, 1.82) is 0 Å². The van der Waals surface area contributed by atoms with E-state index in [0.29, 0.717) is 25.4 Å². The van der Waals surface area contributed by atoms with Crippen LogP contribution in [-0.4, -0.2) is 56.7 Å². The number of methoxy groups -OCH3 is 1. The average molecular weight is 397 g/mol. The van der Waals surface area contributed by atoms with Crippen molar-refractivity contribution in [2.24, 2.45) is 0 Å². The van der Waals surface area contributed by atoms with Gasteiger partial charge in [0.05, 0.1) is 26.4 Å². The zero-order valence-electron chi connectivity index (χ0n) is 16.8. The van der Waals surface area contributed by atoms with E-state index in [9.17, 15) is 9.59 Å². The van der Waals surface area contributed by atoms with Gasteiger partial charge in [-0.25, -0.2) is 0 Å². The molecule has 0 bridgehead atoms. The van der Waals surface area contributed by atoms with Gasteiger partial charge in [0.15, 0.2) is 0 Å². The van der Waals surface area contributed by atoms with Crippen LogP contribution in [0.25, 0.3) is 0 Å². The fourth-order valence-corrected chi connectivity index (χ4v) is 3.35. The van der Waals surface area contributed by atoms with Crippen LogP contribution in [0.15, 0.2) is 48.5 Å². The van der Waals surface area contributed by atoms with Gasteiger partial charge in [-0.3, -0.25) is 14.5 Å². The van der Waals surface area contributed by atoms with E-state index in [4.69, 9.17) is 9.47 Å². The summed E-state index contributed by atoms with van der Waals surface area (Å²) in [6.45, 7) is 5.08. The number of carbonyl (C=O) groups is 2. The van der Waals surface area contributed by atoms with Crippen molar-refractivity contribution in [2.45, 2.75) is 13.0 Å². The molecular weight excluding hydrogens is 370 g/mol. The third-order valence-electron chi connectivity index (χ3n) is 4.93. The number of nitrogens with one attached hydrogen (secondary N) is 2. The lowest BCUT2D eigenvalue weighted by molar-refractivity contribution is -0.136. The molecule has 0 radical (unpaired) electrons. The number of hydrogen-bond acceptors (Lipinski definition) is 5. The molecule has 2 amide bonds. The molecular formula is C22H27N3O4. The van der Waals surface area contributed by atoms with Crippen molar-refractivity contribution in [3.8, 4) is 5.75 Å². The van der Waals surface area contributed by atoms with E-state index in [1.165, 1.54) is 0 Å². The number of amides is 2. The summed E-state index contributed by atoms with van der Waals surface area (Å²) in [6.07, 6.45) is 0. The zero-order valence-corrected chi connectivity index (χ0v) is 16.8. The number of ether oxygens (including phenoxy) is 2. The second-order valence-electron chi connectivity index (χ2n) is 6.97. The predicted octanol–water partition coefficient (Wildman–Crippen LogP) is 2.13. The topological polar surface area (TPSA) is 79.9 Å². The quantitative estimate of drug-likeness (QED) is 0.730. The van der Waals surface area contributed by atoms with Crippen LogP contribution in [0, 0.1) is 6.92 Å². The number of anilines is 1. The Morgan fingerprint density at radius 1 is 1.10 bits per heavy atom. The molecule has 0 spiro atoms. The van der Waals surface area contributed by atoms with Crippen molar-refractivity contribution < 1.29 is 19.1 Å². The van der Waals surface area contributed by atoms with Crippen LogP contribution in [0.5, 0.6) is 5.75 Å². The summed E-state index contributed by atoms with van der Waals surface area (Å²) < 4.78 is 10.7. The number of rotatable bonds is 6. The number of hydrogen-bond donors (Lipinski definition) is 2. The van der Waals surface area contributed by atoms with Gasteiger partial charge in [-0.05, 0) is 42.3 Å². The minimum Gasteiger partial charge on any atom is -0.497 e. The van der Waals surface area contributed by atoms with Gasteiger partial charge < -0.3 is 20.1 Å². The molecule has 2 aromatic rings. The molecule has 1 aliphatic heterocycles. The maximum absolute atomic E-state index is 12.4. The Balaban J connectivity index is 1.65. The first-order valence-electron chi connectivity index (χ1n) is 9.68. The molecule has 3 rings (SSSR count). The number of nitrogens with zero attached hydrogens (tertiary/aromatic N) is 1. The lowest BCUT2D eigenvalue weighted by Crippen LogP contribution is -2.45. The Bertz CT molecular complexity index is 832. The van der Waals surface area contributed by atoms with Gasteiger partial charge >= 0.3 is 11.8 Å². The van der Waals surface area contributed by atoms with Crippen LogP contribution in [-0.2, 0) is 14.3 Å². The van der Waals surface area contributed by atoms with Gasteiger partial charge in [0, 0.05) is 25.3 Å². The van der Waals surface area contributed by atoms with E-state index in [2.05, 4.69) is 15.5 Å². The van der Waals surface area contributed by atoms with Gasteiger partial charge in [0.25, 0.3) is 0 Å². The summed E-state index contributed by atoms with van der Waals surface area (Å²) in [6, 6.07) is 15.0. The first-order valence-corrected chi connectivity index (χ1v) is 9.68. The van der Waals surface area contributed by atoms with Crippen LogP contribution in [0.3, 0.4) is 0 Å². The van der Waals surface area contributed by atoms with E-state index in [-0.39, 0.29) is 6.04 Å². The van der Waals surface area contributed by atoms with E-state index < -0.39 is 11.8 Å². The number of carbonyl (C=O) groups excluding carboxylic acids is 2. The SMILES string of the molecule is COc1ccc([C@@H](CNC(=O)C(=O)Nc2cccc(C)c2)N2CCOCC2)cc1. The summed E-state index contributed by atoms with van der Waals surface area (Å²) in [5.74, 6) is -0.555. The number of benzene rings is 2. The van der Waals surface area contributed by atoms with E-state index in [0.717, 1.165) is 30.0 Å². The molecule has 1 atom stereocenters. The Kier molecular flexibility index (Phi) is 7.21. The highest BCUT2D eigenvalue weighted by molar-refractivity contribution is 6.39. The minimum absolute atomic E-state index is 0.0551. The van der Waals surface area contributed by atoms with E-state index in [1.807, 2.05) is 49.4 Å². The molecule has 154 valence electrons. The summed E-state index contributed by atoms with van der Waals surface area (Å²) in [7, 11) is 1.63. The molecule has 29 heavy (non-hydrogen) atoms. The monoisotopic (exact) mass is 397 g/mol. The van der Waals surface area contributed by atoms with Crippen molar-refractivity contribution in [3.63, 3.8) is 0 Å². The molecule has 0 aliphatic carbocycles. The molecule has 7 nitrogen and oxygen atoms in total. The number of aryl methyl sites for hydroxylation is 1. The van der Waals surface area contributed by atoms with Crippen LogP contribution in [0.1, 0.15) is 17.2 Å². The summed E-state index contributed by atoms with van der Waals surface area (Å²) in [5, 5.41) is 5.42. The minimum atomic E-state index is -0.675. The van der Waals surface area contributed by atoms with Gasteiger partial charge in [-0.1, -0.05) is 24.3 Å². The molecule has 1 aliphatic rings. The van der Waals surface area contributed by atoms with E-state index in [1.54, 1.807) is 13.2 Å². The largest absolute Gasteiger partial charge is 0.497 e. The van der Waals surface area contributed by atoms with Crippen LogP contribution in [0.4, 0.5) is 5.69 Å². The Morgan fingerprint density at radius 2 is 1.83 bits per heavy atom. The molecule has 2 N–H and O–H groups in total. The molecule has 0 aromatic heterocycles. The third-order valence-corrected chi connectivity index (χ3v) is 4.93. The lowest BCUT2D eigenvalue weighted by Gasteiger charge is -2.34. The summed E-state index contributed by atoms with van der Waals surface area (Å²) in [5.41, 5.74) is 2.66. The highest BCUT2D eigenvalue weighted by atomic mass is 16.5.